The Kier molecular flexibility index (Phi) is 6.40. The van der Waals surface area contributed by atoms with E-state index in [0.29, 0.717) is 22.7 Å². The fourth-order valence-corrected chi connectivity index (χ4v) is 4.54. The first-order chi connectivity index (χ1) is 14.3. The molecular formula is C24H28ClN5O. The molecule has 6 nitrogen and oxygen atoms in total. The second-order valence-electron chi connectivity index (χ2n) is 8.84. The molecule has 0 unspecified atom stereocenters. The van der Waals surface area contributed by atoms with Crippen molar-refractivity contribution >= 4 is 35.0 Å². The molecule has 1 aliphatic heterocycles. The van der Waals surface area contributed by atoms with Gasteiger partial charge in [0.25, 0.3) is 5.91 Å². The summed E-state index contributed by atoms with van der Waals surface area (Å²) in [6.45, 7) is 7.53. The van der Waals surface area contributed by atoms with Gasteiger partial charge in [-0.3, -0.25) is 4.79 Å². The Labute approximate surface area is 189 Å². The molecule has 7 heteroatoms. The summed E-state index contributed by atoms with van der Waals surface area (Å²) in [7, 11) is 2.02. The van der Waals surface area contributed by atoms with Crippen LogP contribution in [0.3, 0.4) is 0 Å². The number of piperidine rings is 1. The lowest BCUT2D eigenvalue weighted by Crippen LogP contribution is -2.45. The molecule has 3 aromatic rings. The van der Waals surface area contributed by atoms with Gasteiger partial charge in [0.2, 0.25) is 0 Å². The number of aryl methyl sites for hydroxylation is 2. The maximum absolute atomic E-state index is 12.8. The van der Waals surface area contributed by atoms with Crippen molar-refractivity contribution in [1.82, 2.24) is 14.9 Å². The van der Waals surface area contributed by atoms with Gasteiger partial charge in [-0.2, -0.15) is 5.26 Å². The minimum absolute atomic E-state index is 0. The highest BCUT2D eigenvalue weighted by Crippen LogP contribution is 2.39. The number of hydrogen-bond acceptors (Lipinski definition) is 4. The number of hydrogen-bond donors (Lipinski definition) is 2. The summed E-state index contributed by atoms with van der Waals surface area (Å²) in [6, 6.07) is 8.79. The van der Waals surface area contributed by atoms with E-state index in [1.165, 1.54) is 5.56 Å². The third-order valence-electron chi connectivity index (χ3n) is 6.07. The van der Waals surface area contributed by atoms with Crippen molar-refractivity contribution in [2.24, 2.45) is 7.05 Å². The molecule has 1 amide bonds. The summed E-state index contributed by atoms with van der Waals surface area (Å²) in [4.78, 5) is 17.4. The van der Waals surface area contributed by atoms with Gasteiger partial charge in [0.1, 0.15) is 5.65 Å². The van der Waals surface area contributed by atoms with Crippen molar-refractivity contribution in [1.29, 1.82) is 5.26 Å². The predicted molar refractivity (Wildman–Crippen MR) is 126 cm³/mol. The molecule has 1 fully saturated rings. The number of nitrogens with one attached hydrogen (secondary N) is 2. The molecule has 0 bridgehead atoms. The van der Waals surface area contributed by atoms with Crippen LogP contribution in [0.2, 0.25) is 0 Å². The van der Waals surface area contributed by atoms with E-state index in [-0.39, 0.29) is 23.9 Å². The average Bonchev–Trinajstić information content (AvgIpc) is 3.06. The van der Waals surface area contributed by atoms with E-state index in [1.807, 2.05) is 14.0 Å². The molecule has 4 rings (SSSR count). The largest absolute Gasteiger partial charge is 0.335 e. The van der Waals surface area contributed by atoms with Crippen LogP contribution in [0.25, 0.3) is 11.0 Å². The Hall–Kier alpha value is -2.88. The van der Waals surface area contributed by atoms with Crippen molar-refractivity contribution in [3.8, 4) is 6.07 Å². The number of nitriles is 1. The van der Waals surface area contributed by atoms with Gasteiger partial charge < -0.3 is 15.2 Å². The lowest BCUT2D eigenvalue weighted by atomic mass is 9.80. The van der Waals surface area contributed by atoms with Gasteiger partial charge in [0, 0.05) is 29.7 Å². The number of benzene rings is 1. The van der Waals surface area contributed by atoms with Crippen molar-refractivity contribution in [3.05, 3.63) is 58.9 Å². The smallest absolute Gasteiger partial charge is 0.255 e. The van der Waals surface area contributed by atoms with Gasteiger partial charge in [-0.05, 0) is 75.4 Å². The Bertz CT molecular complexity index is 1170. The summed E-state index contributed by atoms with van der Waals surface area (Å²) in [5, 5.41) is 16.8. The van der Waals surface area contributed by atoms with Gasteiger partial charge in [-0.15, -0.1) is 12.4 Å². The van der Waals surface area contributed by atoms with Crippen LogP contribution in [-0.4, -0.2) is 27.5 Å². The fourth-order valence-electron chi connectivity index (χ4n) is 4.54. The number of aromatic nitrogens is 2. The van der Waals surface area contributed by atoms with Gasteiger partial charge >= 0.3 is 0 Å². The van der Waals surface area contributed by atoms with Crippen molar-refractivity contribution in [2.75, 3.05) is 11.9 Å². The third kappa shape index (κ3) is 4.43. The maximum Gasteiger partial charge on any atom is 0.255 e. The molecule has 0 saturated carbocycles. The first-order valence-corrected chi connectivity index (χ1v) is 10.3. The first-order valence-electron chi connectivity index (χ1n) is 10.3. The normalized spacial score (nSPS) is 17.6. The molecule has 31 heavy (non-hydrogen) atoms. The molecule has 0 radical (unpaired) electrons. The number of rotatable bonds is 3. The number of amides is 1. The van der Waals surface area contributed by atoms with Crippen LogP contribution in [0.1, 0.15) is 59.7 Å². The van der Waals surface area contributed by atoms with Crippen LogP contribution in [0.15, 0.2) is 36.7 Å². The molecule has 162 valence electrons. The highest BCUT2D eigenvalue weighted by atomic mass is 35.5. The molecule has 1 saturated heterocycles. The Morgan fingerprint density at radius 3 is 2.87 bits per heavy atom. The summed E-state index contributed by atoms with van der Waals surface area (Å²) in [5.41, 5.74) is 4.99. The van der Waals surface area contributed by atoms with E-state index in [0.717, 1.165) is 36.0 Å². The molecule has 0 spiro atoms. The van der Waals surface area contributed by atoms with E-state index in [9.17, 15) is 4.79 Å². The number of nitrogens with zero attached hydrogens (tertiary/aromatic N) is 3. The molecule has 3 heterocycles. The van der Waals surface area contributed by atoms with Gasteiger partial charge in [0.15, 0.2) is 0 Å². The molecule has 2 aromatic heterocycles. The number of carbonyl (C=O) groups excluding carboxylic acids is 1. The maximum atomic E-state index is 12.8. The second-order valence-corrected chi connectivity index (χ2v) is 8.84. The summed E-state index contributed by atoms with van der Waals surface area (Å²) in [5.74, 6) is 0.209. The minimum atomic E-state index is -0.239. The van der Waals surface area contributed by atoms with Crippen LogP contribution < -0.4 is 10.6 Å². The summed E-state index contributed by atoms with van der Waals surface area (Å²) in [6.07, 6.45) is 6.06. The highest BCUT2D eigenvalue weighted by molar-refractivity contribution is 6.06. The van der Waals surface area contributed by atoms with Gasteiger partial charge in [-0.25, -0.2) is 4.98 Å². The standard InChI is InChI=1S/C24H27N5O.ClH/c1-15-20(28-23(30)17-7-5-6-16(10-17)12-25)13-26-22-21(15)19(14-29(22)4)18-8-9-27-24(2,3)11-18;/h5-7,10,13-14,18,27H,8-9,11H2,1-4H3,(H,28,30);1H/t18-;/m1./s1. The molecule has 1 aliphatic rings. The van der Waals surface area contributed by atoms with E-state index in [2.05, 4.69) is 46.3 Å². The van der Waals surface area contributed by atoms with Crippen LogP contribution in [-0.2, 0) is 7.05 Å². The third-order valence-corrected chi connectivity index (χ3v) is 6.07. The summed E-state index contributed by atoms with van der Waals surface area (Å²) < 4.78 is 2.08. The number of halogens is 1. The predicted octanol–water partition coefficient (Wildman–Crippen LogP) is 4.67. The van der Waals surface area contributed by atoms with E-state index < -0.39 is 0 Å². The topological polar surface area (TPSA) is 82.7 Å². The number of carbonyl (C=O) groups is 1. The monoisotopic (exact) mass is 437 g/mol. The van der Waals surface area contributed by atoms with E-state index >= 15 is 0 Å². The zero-order chi connectivity index (χ0) is 21.5. The molecule has 1 aromatic carbocycles. The van der Waals surface area contributed by atoms with Crippen molar-refractivity contribution in [3.63, 3.8) is 0 Å². The van der Waals surface area contributed by atoms with Crippen molar-refractivity contribution < 1.29 is 4.79 Å². The average molecular weight is 438 g/mol. The molecular weight excluding hydrogens is 410 g/mol. The second kappa shape index (κ2) is 8.70. The van der Waals surface area contributed by atoms with E-state index in [1.54, 1.807) is 30.5 Å². The lowest BCUT2D eigenvalue weighted by Gasteiger charge is -2.36. The minimum Gasteiger partial charge on any atom is -0.335 e. The molecule has 0 aliphatic carbocycles. The van der Waals surface area contributed by atoms with E-state index in [4.69, 9.17) is 5.26 Å². The zero-order valence-corrected chi connectivity index (χ0v) is 19.1. The highest BCUT2D eigenvalue weighted by Gasteiger charge is 2.31. The van der Waals surface area contributed by atoms with Crippen LogP contribution in [0.5, 0.6) is 0 Å². The molecule has 1 atom stereocenters. The molecule has 2 N–H and O–H groups in total. The van der Waals surface area contributed by atoms with Crippen LogP contribution in [0, 0.1) is 18.3 Å². The Balaban J connectivity index is 0.00000272. The fraction of sp³-hybridized carbons (Fsp3) is 0.375. The first kappa shape index (κ1) is 22.8. The number of pyridine rings is 1. The zero-order valence-electron chi connectivity index (χ0n) is 18.3. The van der Waals surface area contributed by atoms with Crippen LogP contribution >= 0.6 is 12.4 Å². The van der Waals surface area contributed by atoms with Crippen LogP contribution in [0.4, 0.5) is 5.69 Å². The van der Waals surface area contributed by atoms with Gasteiger partial charge in [0.05, 0.1) is 23.5 Å². The Morgan fingerprint density at radius 1 is 1.39 bits per heavy atom. The number of anilines is 1. The number of fused-ring (bicyclic) bond motifs is 1. The summed E-state index contributed by atoms with van der Waals surface area (Å²) >= 11 is 0. The quantitative estimate of drug-likeness (QED) is 0.623. The van der Waals surface area contributed by atoms with Crippen molar-refractivity contribution in [2.45, 2.75) is 45.1 Å². The Morgan fingerprint density at radius 2 is 2.16 bits per heavy atom. The SMILES string of the molecule is Cc1c(NC(=O)c2cccc(C#N)c2)cnc2c1c([C@@H]1CCNC(C)(C)C1)cn2C.Cl. The lowest BCUT2D eigenvalue weighted by molar-refractivity contribution is 0.102. The van der Waals surface area contributed by atoms with Gasteiger partial charge in [-0.1, -0.05) is 6.07 Å².